The molecular formula is C30H21BrN2O5. The van der Waals surface area contributed by atoms with E-state index in [9.17, 15) is 14.4 Å². The van der Waals surface area contributed by atoms with Crippen LogP contribution in [0.4, 0.5) is 11.4 Å². The van der Waals surface area contributed by atoms with Gasteiger partial charge in [-0.25, -0.2) is 14.8 Å². The third-order valence-corrected chi connectivity index (χ3v) is 7.18. The first kappa shape index (κ1) is 24.1. The van der Waals surface area contributed by atoms with Crippen LogP contribution in [0.2, 0.25) is 0 Å². The number of esters is 1. The number of ether oxygens (including phenoxy) is 1. The fraction of sp³-hybridized carbons (Fsp3) is 0.100. The molecule has 2 saturated heterocycles. The Morgan fingerprint density at radius 2 is 1.37 bits per heavy atom. The van der Waals surface area contributed by atoms with E-state index in [4.69, 9.17) is 9.57 Å². The molecule has 2 aliphatic rings. The number of hydroxylamine groups is 1. The fourth-order valence-corrected chi connectivity index (χ4v) is 5.13. The molecule has 3 atom stereocenters. The first-order valence-corrected chi connectivity index (χ1v) is 12.8. The van der Waals surface area contributed by atoms with Crippen LogP contribution >= 0.6 is 15.9 Å². The number of benzene rings is 4. The lowest BCUT2D eigenvalue weighted by Gasteiger charge is -2.28. The maximum absolute atomic E-state index is 13.7. The lowest BCUT2D eigenvalue weighted by atomic mass is 9.90. The third-order valence-electron chi connectivity index (χ3n) is 6.65. The van der Waals surface area contributed by atoms with Crippen molar-refractivity contribution in [3.63, 3.8) is 0 Å². The molecule has 2 fully saturated rings. The van der Waals surface area contributed by atoms with Crippen molar-refractivity contribution >= 4 is 45.1 Å². The van der Waals surface area contributed by atoms with Gasteiger partial charge in [-0.05, 0) is 66.2 Å². The van der Waals surface area contributed by atoms with E-state index in [1.54, 1.807) is 77.9 Å². The standard InChI is InChI=1S/C30H21BrN2O5/c31-21-13-15-22(16-14-21)32-28(34)25-26(33(38-27(25)29(32)35)23-9-5-2-6-10-23)19-11-17-24(18-12-19)37-30(36)20-7-3-1-4-8-20/h1-18,25-27H/t25-,26-,27+/m1/s1. The summed E-state index contributed by atoms with van der Waals surface area (Å²) in [6.07, 6.45) is -0.966. The molecule has 2 heterocycles. The average Bonchev–Trinajstić information content (AvgIpc) is 3.46. The van der Waals surface area contributed by atoms with Gasteiger partial charge in [-0.3, -0.25) is 14.4 Å². The van der Waals surface area contributed by atoms with Crippen molar-refractivity contribution in [3.8, 4) is 5.75 Å². The van der Waals surface area contributed by atoms with Gasteiger partial charge in [0.2, 0.25) is 5.91 Å². The Morgan fingerprint density at radius 1 is 0.737 bits per heavy atom. The van der Waals surface area contributed by atoms with Crippen LogP contribution in [0.5, 0.6) is 5.75 Å². The first-order chi connectivity index (χ1) is 18.5. The van der Waals surface area contributed by atoms with Gasteiger partial charge in [-0.1, -0.05) is 64.5 Å². The highest BCUT2D eigenvalue weighted by molar-refractivity contribution is 9.10. The van der Waals surface area contributed by atoms with Crippen LogP contribution in [-0.2, 0) is 14.4 Å². The van der Waals surface area contributed by atoms with Crippen molar-refractivity contribution in [2.45, 2.75) is 12.1 Å². The maximum atomic E-state index is 13.7. The predicted molar refractivity (Wildman–Crippen MR) is 145 cm³/mol. The van der Waals surface area contributed by atoms with E-state index in [1.807, 2.05) is 36.4 Å². The minimum Gasteiger partial charge on any atom is -0.423 e. The van der Waals surface area contributed by atoms with Crippen LogP contribution in [0, 0.1) is 5.92 Å². The molecule has 0 aromatic heterocycles. The number of halogens is 1. The summed E-state index contributed by atoms with van der Waals surface area (Å²) in [4.78, 5) is 47.0. The van der Waals surface area contributed by atoms with Crippen LogP contribution in [-0.4, -0.2) is 23.9 Å². The largest absolute Gasteiger partial charge is 0.423 e. The van der Waals surface area contributed by atoms with E-state index >= 15 is 0 Å². The molecule has 0 bridgehead atoms. The Hall–Kier alpha value is -4.27. The molecule has 0 saturated carbocycles. The average molecular weight is 569 g/mol. The Balaban J connectivity index is 1.32. The number of rotatable bonds is 5. The van der Waals surface area contributed by atoms with Gasteiger partial charge in [0.1, 0.15) is 11.7 Å². The Labute approximate surface area is 227 Å². The molecule has 0 aliphatic carbocycles. The van der Waals surface area contributed by atoms with E-state index in [0.717, 1.165) is 15.7 Å². The molecule has 6 rings (SSSR count). The van der Waals surface area contributed by atoms with Gasteiger partial charge in [0, 0.05) is 4.47 Å². The lowest BCUT2D eigenvalue weighted by Crippen LogP contribution is -2.37. The zero-order valence-corrected chi connectivity index (χ0v) is 21.5. The normalized spacial score (nSPS) is 20.5. The van der Waals surface area contributed by atoms with Crippen LogP contribution in [0.25, 0.3) is 0 Å². The summed E-state index contributed by atoms with van der Waals surface area (Å²) in [6, 6.07) is 31.5. The zero-order chi connectivity index (χ0) is 26.2. The number of para-hydroxylation sites is 1. The number of carbonyl (C=O) groups excluding carboxylic acids is 3. The van der Waals surface area contributed by atoms with Crippen LogP contribution in [0.1, 0.15) is 22.0 Å². The van der Waals surface area contributed by atoms with Gasteiger partial charge in [0.05, 0.1) is 23.0 Å². The minimum atomic E-state index is -0.966. The molecule has 7 nitrogen and oxygen atoms in total. The van der Waals surface area contributed by atoms with Crippen LogP contribution in [0.3, 0.4) is 0 Å². The fourth-order valence-electron chi connectivity index (χ4n) is 4.87. The second kappa shape index (κ2) is 9.89. The monoisotopic (exact) mass is 568 g/mol. The summed E-state index contributed by atoms with van der Waals surface area (Å²) in [7, 11) is 0. The quantitative estimate of drug-likeness (QED) is 0.174. The zero-order valence-electron chi connectivity index (χ0n) is 19.9. The van der Waals surface area contributed by atoms with Crippen molar-refractivity contribution in [2.24, 2.45) is 5.92 Å². The highest BCUT2D eigenvalue weighted by Gasteiger charge is 2.60. The Morgan fingerprint density at radius 3 is 2.03 bits per heavy atom. The van der Waals surface area contributed by atoms with Gasteiger partial charge in [-0.15, -0.1) is 0 Å². The molecule has 0 unspecified atom stereocenters. The summed E-state index contributed by atoms with van der Waals surface area (Å²) >= 11 is 3.39. The molecule has 0 N–H and O–H groups in total. The van der Waals surface area contributed by atoms with Crippen molar-refractivity contribution in [1.82, 2.24) is 0 Å². The van der Waals surface area contributed by atoms with Crippen molar-refractivity contribution in [3.05, 3.63) is 125 Å². The van der Waals surface area contributed by atoms with E-state index in [2.05, 4.69) is 15.9 Å². The number of carbonyl (C=O) groups is 3. The van der Waals surface area contributed by atoms with Gasteiger partial charge < -0.3 is 4.74 Å². The highest BCUT2D eigenvalue weighted by Crippen LogP contribution is 2.47. The number of hydrogen-bond acceptors (Lipinski definition) is 6. The second-order valence-electron chi connectivity index (χ2n) is 8.97. The number of anilines is 2. The number of amides is 2. The van der Waals surface area contributed by atoms with E-state index in [0.29, 0.717) is 17.0 Å². The Bertz CT molecular complexity index is 1490. The highest BCUT2D eigenvalue weighted by atomic mass is 79.9. The second-order valence-corrected chi connectivity index (χ2v) is 9.89. The van der Waals surface area contributed by atoms with Crippen molar-refractivity contribution < 1.29 is 24.0 Å². The molecule has 188 valence electrons. The number of fused-ring (bicyclic) bond motifs is 1. The number of imide groups is 1. The molecule has 2 amide bonds. The lowest BCUT2D eigenvalue weighted by molar-refractivity contribution is -0.126. The molecular weight excluding hydrogens is 548 g/mol. The van der Waals surface area contributed by atoms with E-state index in [-0.39, 0.29) is 5.91 Å². The summed E-state index contributed by atoms with van der Waals surface area (Å²) in [6.45, 7) is 0. The molecule has 0 spiro atoms. The smallest absolute Gasteiger partial charge is 0.343 e. The minimum absolute atomic E-state index is 0.328. The van der Waals surface area contributed by atoms with Gasteiger partial charge in [0.25, 0.3) is 5.91 Å². The first-order valence-electron chi connectivity index (χ1n) is 12.0. The summed E-state index contributed by atoms with van der Waals surface area (Å²) < 4.78 is 6.37. The predicted octanol–water partition coefficient (Wildman–Crippen LogP) is 5.72. The van der Waals surface area contributed by atoms with Gasteiger partial charge >= 0.3 is 5.97 Å². The molecule has 38 heavy (non-hydrogen) atoms. The third kappa shape index (κ3) is 4.27. The molecule has 8 heteroatoms. The summed E-state index contributed by atoms with van der Waals surface area (Å²) in [5.74, 6) is -1.58. The van der Waals surface area contributed by atoms with Crippen LogP contribution in [0.15, 0.2) is 114 Å². The van der Waals surface area contributed by atoms with E-state index in [1.165, 1.54) is 4.90 Å². The molecule has 4 aromatic rings. The summed E-state index contributed by atoms with van der Waals surface area (Å²) in [5, 5.41) is 1.63. The van der Waals surface area contributed by atoms with E-state index < -0.39 is 29.9 Å². The molecule has 2 aliphatic heterocycles. The van der Waals surface area contributed by atoms with Crippen molar-refractivity contribution in [2.75, 3.05) is 9.96 Å². The van der Waals surface area contributed by atoms with Gasteiger partial charge in [0.15, 0.2) is 6.10 Å². The Kier molecular flexibility index (Phi) is 6.27. The molecule has 4 aromatic carbocycles. The van der Waals surface area contributed by atoms with Crippen LogP contribution < -0.4 is 14.7 Å². The van der Waals surface area contributed by atoms with Crippen molar-refractivity contribution in [1.29, 1.82) is 0 Å². The summed E-state index contributed by atoms with van der Waals surface area (Å²) in [5.41, 5.74) is 2.42. The number of nitrogens with zero attached hydrogens (tertiary/aromatic N) is 2. The molecule has 0 radical (unpaired) electrons. The SMILES string of the molecule is O=C(Oc1ccc([C@@H]2[C@H]3C(=O)N(c4ccc(Br)cc4)C(=O)[C@H]3ON2c2ccccc2)cc1)c1ccccc1. The maximum Gasteiger partial charge on any atom is 0.343 e. The topological polar surface area (TPSA) is 76.2 Å². The van der Waals surface area contributed by atoms with Gasteiger partial charge in [-0.2, -0.15) is 0 Å². The number of hydrogen-bond donors (Lipinski definition) is 0.